The molecule has 2 aromatic rings. The summed E-state index contributed by atoms with van der Waals surface area (Å²) in [4.78, 5) is 4.06. The molecular formula is C13H16N4. The Morgan fingerprint density at radius 3 is 3.18 bits per heavy atom. The number of nitrogens with zero attached hydrogens (tertiary/aromatic N) is 2. The van der Waals surface area contributed by atoms with Crippen molar-refractivity contribution in [3.05, 3.63) is 43.0 Å². The Hall–Kier alpha value is -1.81. The van der Waals surface area contributed by atoms with Crippen LogP contribution in [-0.2, 0) is 0 Å². The molecule has 0 aliphatic carbocycles. The Balaban J connectivity index is 1.79. The summed E-state index contributed by atoms with van der Waals surface area (Å²) in [6.45, 7) is 2.16. The van der Waals surface area contributed by atoms with Crippen LogP contribution in [0, 0.1) is 0 Å². The van der Waals surface area contributed by atoms with Crippen molar-refractivity contribution in [3.8, 4) is 5.69 Å². The molecule has 2 N–H and O–H groups in total. The second-order valence-electron chi connectivity index (χ2n) is 4.35. The van der Waals surface area contributed by atoms with Gasteiger partial charge in [0.25, 0.3) is 0 Å². The van der Waals surface area contributed by atoms with Gasteiger partial charge < -0.3 is 15.2 Å². The molecule has 1 atom stereocenters. The van der Waals surface area contributed by atoms with Gasteiger partial charge in [0, 0.05) is 36.4 Å². The molecule has 4 heteroatoms. The third-order valence-electron chi connectivity index (χ3n) is 3.08. The van der Waals surface area contributed by atoms with Gasteiger partial charge in [0.1, 0.15) is 0 Å². The Labute approximate surface area is 101 Å². The van der Waals surface area contributed by atoms with E-state index in [1.807, 2.05) is 17.1 Å². The maximum atomic E-state index is 4.06. The molecule has 0 radical (unpaired) electrons. The topological polar surface area (TPSA) is 41.9 Å². The van der Waals surface area contributed by atoms with Crippen molar-refractivity contribution in [3.63, 3.8) is 0 Å². The van der Waals surface area contributed by atoms with Crippen molar-refractivity contribution < 1.29 is 0 Å². The van der Waals surface area contributed by atoms with E-state index < -0.39 is 0 Å². The van der Waals surface area contributed by atoms with Crippen molar-refractivity contribution in [2.75, 3.05) is 18.4 Å². The largest absolute Gasteiger partial charge is 0.381 e. The molecular weight excluding hydrogens is 212 g/mol. The zero-order chi connectivity index (χ0) is 11.5. The molecule has 0 amide bonds. The van der Waals surface area contributed by atoms with Gasteiger partial charge in [0.2, 0.25) is 0 Å². The number of aromatic nitrogens is 2. The summed E-state index contributed by atoms with van der Waals surface area (Å²) in [7, 11) is 0. The zero-order valence-electron chi connectivity index (χ0n) is 9.63. The predicted molar refractivity (Wildman–Crippen MR) is 68.5 cm³/mol. The second-order valence-corrected chi connectivity index (χ2v) is 4.35. The lowest BCUT2D eigenvalue weighted by Gasteiger charge is -2.13. The number of benzene rings is 1. The Kier molecular flexibility index (Phi) is 2.80. The van der Waals surface area contributed by atoms with Crippen LogP contribution in [0.5, 0.6) is 0 Å². The standard InChI is InChI=1S/C13H16N4/c1-2-11(16-12-4-5-14-9-12)8-13(3-1)17-7-6-15-10-17/h1-3,6-8,10,12,14,16H,4-5,9H2. The molecule has 1 fully saturated rings. The van der Waals surface area contributed by atoms with Crippen molar-refractivity contribution >= 4 is 5.69 Å². The van der Waals surface area contributed by atoms with Crippen LogP contribution in [-0.4, -0.2) is 28.7 Å². The molecule has 1 aromatic carbocycles. The van der Waals surface area contributed by atoms with E-state index in [2.05, 4.69) is 39.9 Å². The van der Waals surface area contributed by atoms with Crippen LogP contribution in [0.2, 0.25) is 0 Å². The van der Waals surface area contributed by atoms with Gasteiger partial charge in [0.15, 0.2) is 0 Å². The summed E-state index contributed by atoms with van der Waals surface area (Å²) in [6, 6.07) is 8.96. The van der Waals surface area contributed by atoms with E-state index >= 15 is 0 Å². The fourth-order valence-corrected chi connectivity index (χ4v) is 2.18. The Bertz CT molecular complexity index is 472. The lowest BCUT2D eigenvalue weighted by molar-refractivity contribution is 0.793. The fraction of sp³-hybridized carbons (Fsp3) is 0.308. The Morgan fingerprint density at radius 1 is 1.41 bits per heavy atom. The molecule has 0 saturated carbocycles. The lowest BCUT2D eigenvalue weighted by Crippen LogP contribution is -2.22. The molecule has 0 spiro atoms. The van der Waals surface area contributed by atoms with Crippen LogP contribution >= 0.6 is 0 Å². The highest BCUT2D eigenvalue weighted by Crippen LogP contribution is 2.16. The monoisotopic (exact) mass is 228 g/mol. The van der Waals surface area contributed by atoms with E-state index in [1.165, 1.54) is 12.1 Å². The van der Waals surface area contributed by atoms with Crippen molar-refractivity contribution in [2.45, 2.75) is 12.5 Å². The number of hydrogen-bond donors (Lipinski definition) is 2. The first-order valence-electron chi connectivity index (χ1n) is 5.97. The number of rotatable bonds is 3. The number of anilines is 1. The quantitative estimate of drug-likeness (QED) is 0.839. The minimum absolute atomic E-state index is 0.549. The first-order valence-corrected chi connectivity index (χ1v) is 5.97. The first-order chi connectivity index (χ1) is 8.42. The summed E-state index contributed by atoms with van der Waals surface area (Å²) in [5.74, 6) is 0. The molecule has 88 valence electrons. The first kappa shape index (κ1) is 10.4. The third kappa shape index (κ3) is 2.31. The number of nitrogens with one attached hydrogen (secondary N) is 2. The summed E-state index contributed by atoms with van der Waals surface area (Å²) in [5, 5.41) is 6.90. The number of hydrogen-bond acceptors (Lipinski definition) is 3. The SMILES string of the molecule is c1cc(NC2CCNC2)cc(-n2ccnc2)c1. The van der Waals surface area contributed by atoms with E-state index in [-0.39, 0.29) is 0 Å². The highest BCUT2D eigenvalue weighted by atomic mass is 15.0. The maximum Gasteiger partial charge on any atom is 0.0991 e. The molecule has 2 heterocycles. The molecule has 1 aliphatic heterocycles. The third-order valence-corrected chi connectivity index (χ3v) is 3.08. The van der Waals surface area contributed by atoms with E-state index in [0.717, 1.165) is 18.8 Å². The van der Waals surface area contributed by atoms with Crippen molar-refractivity contribution in [2.24, 2.45) is 0 Å². The summed E-state index contributed by atoms with van der Waals surface area (Å²) in [6.07, 6.45) is 6.75. The van der Waals surface area contributed by atoms with E-state index in [1.54, 1.807) is 6.20 Å². The van der Waals surface area contributed by atoms with Gasteiger partial charge >= 0.3 is 0 Å². The molecule has 0 bridgehead atoms. The molecule has 4 nitrogen and oxygen atoms in total. The highest BCUT2D eigenvalue weighted by Gasteiger charge is 2.13. The average Bonchev–Trinajstić information content (AvgIpc) is 3.01. The van der Waals surface area contributed by atoms with Crippen LogP contribution in [0.15, 0.2) is 43.0 Å². The predicted octanol–water partition coefficient (Wildman–Crippen LogP) is 1.65. The van der Waals surface area contributed by atoms with Crippen molar-refractivity contribution in [1.82, 2.24) is 14.9 Å². The van der Waals surface area contributed by atoms with E-state index in [4.69, 9.17) is 0 Å². The van der Waals surface area contributed by atoms with E-state index in [9.17, 15) is 0 Å². The van der Waals surface area contributed by atoms with Gasteiger partial charge in [-0.25, -0.2) is 4.98 Å². The van der Waals surface area contributed by atoms with Crippen LogP contribution in [0.4, 0.5) is 5.69 Å². The summed E-state index contributed by atoms with van der Waals surface area (Å²) in [5.41, 5.74) is 2.31. The smallest absolute Gasteiger partial charge is 0.0991 e. The van der Waals surface area contributed by atoms with Crippen molar-refractivity contribution in [1.29, 1.82) is 0 Å². The minimum Gasteiger partial charge on any atom is -0.381 e. The lowest BCUT2D eigenvalue weighted by atomic mass is 10.2. The van der Waals surface area contributed by atoms with Crippen LogP contribution < -0.4 is 10.6 Å². The van der Waals surface area contributed by atoms with Crippen LogP contribution in [0.1, 0.15) is 6.42 Å². The molecule has 1 unspecified atom stereocenters. The van der Waals surface area contributed by atoms with Gasteiger partial charge in [-0.05, 0) is 31.2 Å². The molecule has 1 aromatic heterocycles. The molecule has 3 rings (SSSR count). The van der Waals surface area contributed by atoms with Gasteiger partial charge in [-0.1, -0.05) is 6.07 Å². The molecule has 17 heavy (non-hydrogen) atoms. The molecule has 1 aliphatic rings. The fourth-order valence-electron chi connectivity index (χ4n) is 2.18. The highest BCUT2D eigenvalue weighted by molar-refractivity contribution is 5.51. The molecule has 1 saturated heterocycles. The van der Waals surface area contributed by atoms with Gasteiger partial charge in [0.05, 0.1) is 6.33 Å². The summed E-state index contributed by atoms with van der Waals surface area (Å²) < 4.78 is 2.01. The normalized spacial score (nSPS) is 19.4. The maximum absolute atomic E-state index is 4.06. The number of imidazole rings is 1. The summed E-state index contributed by atoms with van der Waals surface area (Å²) >= 11 is 0. The van der Waals surface area contributed by atoms with Gasteiger partial charge in [-0.3, -0.25) is 0 Å². The van der Waals surface area contributed by atoms with Gasteiger partial charge in [-0.15, -0.1) is 0 Å². The Morgan fingerprint density at radius 2 is 2.41 bits per heavy atom. The average molecular weight is 228 g/mol. The van der Waals surface area contributed by atoms with Crippen LogP contribution in [0.25, 0.3) is 5.69 Å². The second kappa shape index (κ2) is 4.59. The van der Waals surface area contributed by atoms with Crippen LogP contribution in [0.3, 0.4) is 0 Å². The minimum atomic E-state index is 0.549. The van der Waals surface area contributed by atoms with E-state index in [0.29, 0.717) is 6.04 Å². The van der Waals surface area contributed by atoms with Gasteiger partial charge in [-0.2, -0.15) is 0 Å². The zero-order valence-corrected chi connectivity index (χ0v) is 9.63.